The molecule has 3 rings (SSSR count). The summed E-state index contributed by atoms with van der Waals surface area (Å²) in [6, 6.07) is 14.0. The fourth-order valence-electron chi connectivity index (χ4n) is 2.18. The van der Waals surface area contributed by atoms with Crippen LogP contribution in [0.4, 0.5) is 5.69 Å². The van der Waals surface area contributed by atoms with Crippen molar-refractivity contribution in [1.82, 2.24) is 9.97 Å². The molecule has 0 aliphatic heterocycles. The lowest BCUT2D eigenvalue weighted by Gasteiger charge is -2.17. The second-order valence-electron chi connectivity index (χ2n) is 4.94. The van der Waals surface area contributed by atoms with E-state index in [0.29, 0.717) is 5.69 Å². The summed E-state index contributed by atoms with van der Waals surface area (Å²) in [4.78, 5) is 22.3. The zero-order valence-electron chi connectivity index (χ0n) is 11.9. The topological polar surface area (TPSA) is 46.1 Å². The summed E-state index contributed by atoms with van der Waals surface area (Å²) in [5, 5.41) is 2.25. The largest absolute Gasteiger partial charge is 0.310 e. The molecule has 1 amide bonds. The van der Waals surface area contributed by atoms with Crippen LogP contribution in [0.15, 0.2) is 54.9 Å². The maximum absolute atomic E-state index is 12.4. The number of carbonyl (C=O) groups is 1. The number of hydrogen-bond donors (Lipinski definition) is 0. The third kappa shape index (κ3) is 2.60. The lowest BCUT2D eigenvalue weighted by Crippen LogP contribution is -2.27. The Morgan fingerprint density at radius 3 is 2.48 bits per heavy atom. The number of hydrogen-bond acceptors (Lipinski definition) is 3. The number of rotatable bonds is 2. The van der Waals surface area contributed by atoms with Crippen LogP contribution in [0, 0.1) is 6.92 Å². The van der Waals surface area contributed by atoms with Gasteiger partial charge in [0.05, 0.1) is 11.9 Å². The molecule has 4 nitrogen and oxygen atoms in total. The molecule has 104 valence electrons. The number of benzene rings is 2. The van der Waals surface area contributed by atoms with E-state index < -0.39 is 0 Å². The summed E-state index contributed by atoms with van der Waals surface area (Å²) in [6.07, 6.45) is 3.11. The molecular formula is C17H15N3O. The zero-order valence-corrected chi connectivity index (χ0v) is 11.9. The molecule has 0 saturated carbocycles. The standard InChI is InChI=1S/C17H15N3O/c1-12-10-19-16(11-18-12)17(21)20(2)15-8-7-13-5-3-4-6-14(13)9-15/h3-11H,1-2H3. The van der Waals surface area contributed by atoms with E-state index in [1.807, 2.05) is 49.4 Å². The van der Waals surface area contributed by atoms with E-state index in [1.54, 1.807) is 18.1 Å². The molecule has 0 atom stereocenters. The molecule has 0 N–H and O–H groups in total. The molecule has 0 bridgehead atoms. The van der Waals surface area contributed by atoms with Crippen molar-refractivity contribution in [3.8, 4) is 0 Å². The first kappa shape index (κ1) is 13.2. The van der Waals surface area contributed by atoms with Crippen molar-refractivity contribution >= 4 is 22.4 Å². The Morgan fingerprint density at radius 2 is 1.76 bits per heavy atom. The Hall–Kier alpha value is -2.75. The predicted molar refractivity (Wildman–Crippen MR) is 83.5 cm³/mol. The molecule has 1 heterocycles. The van der Waals surface area contributed by atoms with Crippen LogP contribution in [-0.4, -0.2) is 22.9 Å². The smallest absolute Gasteiger partial charge is 0.278 e. The van der Waals surface area contributed by atoms with E-state index in [4.69, 9.17) is 0 Å². The minimum atomic E-state index is -0.169. The summed E-state index contributed by atoms with van der Waals surface area (Å²) < 4.78 is 0. The lowest BCUT2D eigenvalue weighted by molar-refractivity contribution is 0.0988. The van der Waals surface area contributed by atoms with Crippen LogP contribution in [-0.2, 0) is 0 Å². The van der Waals surface area contributed by atoms with Crippen molar-refractivity contribution in [2.24, 2.45) is 0 Å². The van der Waals surface area contributed by atoms with Gasteiger partial charge in [-0.1, -0.05) is 30.3 Å². The van der Waals surface area contributed by atoms with Crippen LogP contribution in [0.1, 0.15) is 16.2 Å². The molecule has 4 heteroatoms. The molecule has 0 unspecified atom stereocenters. The number of aromatic nitrogens is 2. The van der Waals surface area contributed by atoms with Crippen LogP contribution in [0.25, 0.3) is 10.8 Å². The normalized spacial score (nSPS) is 10.6. The average molecular weight is 277 g/mol. The Bertz CT molecular complexity index is 796. The Kier molecular flexibility index (Phi) is 3.36. The van der Waals surface area contributed by atoms with E-state index in [2.05, 4.69) is 9.97 Å². The van der Waals surface area contributed by atoms with Crippen LogP contribution < -0.4 is 4.90 Å². The second kappa shape index (κ2) is 5.32. The van der Waals surface area contributed by atoms with Crippen LogP contribution in [0.2, 0.25) is 0 Å². The number of aryl methyl sites for hydroxylation is 1. The second-order valence-corrected chi connectivity index (χ2v) is 4.94. The van der Waals surface area contributed by atoms with Crippen molar-refractivity contribution in [1.29, 1.82) is 0 Å². The Labute approximate surface area is 123 Å². The first-order valence-corrected chi connectivity index (χ1v) is 6.70. The minimum absolute atomic E-state index is 0.169. The fraction of sp³-hybridized carbons (Fsp3) is 0.118. The van der Waals surface area contributed by atoms with Crippen molar-refractivity contribution in [3.63, 3.8) is 0 Å². The summed E-state index contributed by atoms with van der Waals surface area (Å²) in [7, 11) is 1.74. The van der Waals surface area contributed by atoms with E-state index in [-0.39, 0.29) is 5.91 Å². The van der Waals surface area contributed by atoms with Gasteiger partial charge in [-0.25, -0.2) is 4.98 Å². The first-order valence-electron chi connectivity index (χ1n) is 6.70. The molecular weight excluding hydrogens is 262 g/mol. The highest BCUT2D eigenvalue weighted by Crippen LogP contribution is 2.22. The number of fused-ring (bicyclic) bond motifs is 1. The molecule has 2 aromatic carbocycles. The molecule has 3 aromatic rings. The minimum Gasteiger partial charge on any atom is -0.310 e. The maximum Gasteiger partial charge on any atom is 0.278 e. The first-order chi connectivity index (χ1) is 10.1. The van der Waals surface area contributed by atoms with E-state index in [0.717, 1.165) is 22.2 Å². The van der Waals surface area contributed by atoms with Gasteiger partial charge < -0.3 is 4.90 Å². The van der Waals surface area contributed by atoms with Gasteiger partial charge in [0.25, 0.3) is 5.91 Å². The summed E-state index contributed by atoms with van der Waals surface area (Å²) in [5.74, 6) is -0.169. The Morgan fingerprint density at radius 1 is 1.00 bits per heavy atom. The van der Waals surface area contributed by atoms with E-state index in [1.165, 1.54) is 6.20 Å². The average Bonchev–Trinajstić information content (AvgIpc) is 2.54. The van der Waals surface area contributed by atoms with Gasteiger partial charge in [0.1, 0.15) is 5.69 Å². The quantitative estimate of drug-likeness (QED) is 0.722. The fourth-order valence-corrected chi connectivity index (χ4v) is 2.18. The summed E-state index contributed by atoms with van der Waals surface area (Å²) in [5.41, 5.74) is 1.97. The van der Waals surface area contributed by atoms with Crippen molar-refractivity contribution in [3.05, 3.63) is 66.2 Å². The maximum atomic E-state index is 12.4. The number of carbonyl (C=O) groups excluding carboxylic acids is 1. The van der Waals surface area contributed by atoms with Gasteiger partial charge in [0, 0.05) is 18.9 Å². The van der Waals surface area contributed by atoms with Gasteiger partial charge in [-0.3, -0.25) is 9.78 Å². The van der Waals surface area contributed by atoms with E-state index in [9.17, 15) is 4.79 Å². The highest BCUT2D eigenvalue weighted by atomic mass is 16.2. The molecule has 0 fully saturated rings. The monoisotopic (exact) mass is 277 g/mol. The zero-order chi connectivity index (χ0) is 14.8. The highest BCUT2D eigenvalue weighted by Gasteiger charge is 2.15. The van der Waals surface area contributed by atoms with Gasteiger partial charge >= 0.3 is 0 Å². The van der Waals surface area contributed by atoms with Gasteiger partial charge in [-0.05, 0) is 29.8 Å². The lowest BCUT2D eigenvalue weighted by atomic mass is 10.1. The van der Waals surface area contributed by atoms with Gasteiger partial charge in [0.15, 0.2) is 0 Å². The van der Waals surface area contributed by atoms with Crippen molar-refractivity contribution in [2.75, 3.05) is 11.9 Å². The Balaban J connectivity index is 1.93. The third-order valence-electron chi connectivity index (χ3n) is 3.43. The molecule has 0 saturated heterocycles. The molecule has 0 aliphatic rings. The van der Waals surface area contributed by atoms with Crippen molar-refractivity contribution < 1.29 is 4.79 Å². The van der Waals surface area contributed by atoms with Crippen LogP contribution in [0.5, 0.6) is 0 Å². The van der Waals surface area contributed by atoms with Gasteiger partial charge in [0.2, 0.25) is 0 Å². The molecule has 0 radical (unpaired) electrons. The highest BCUT2D eigenvalue weighted by molar-refractivity contribution is 6.05. The van der Waals surface area contributed by atoms with Crippen molar-refractivity contribution in [2.45, 2.75) is 6.92 Å². The number of anilines is 1. The SMILES string of the molecule is Cc1cnc(C(=O)N(C)c2ccc3ccccc3c2)cn1. The molecule has 21 heavy (non-hydrogen) atoms. The van der Waals surface area contributed by atoms with Crippen LogP contribution in [0.3, 0.4) is 0 Å². The summed E-state index contributed by atoms with van der Waals surface area (Å²) >= 11 is 0. The van der Waals surface area contributed by atoms with Crippen LogP contribution >= 0.6 is 0 Å². The van der Waals surface area contributed by atoms with Gasteiger partial charge in [-0.15, -0.1) is 0 Å². The number of amides is 1. The molecule has 0 aliphatic carbocycles. The molecule has 1 aromatic heterocycles. The van der Waals surface area contributed by atoms with Gasteiger partial charge in [-0.2, -0.15) is 0 Å². The number of nitrogens with zero attached hydrogens (tertiary/aromatic N) is 3. The molecule has 0 spiro atoms. The predicted octanol–water partition coefficient (Wildman–Crippen LogP) is 3.21. The summed E-state index contributed by atoms with van der Waals surface area (Å²) in [6.45, 7) is 1.84. The third-order valence-corrected chi connectivity index (χ3v) is 3.43. The van der Waals surface area contributed by atoms with E-state index >= 15 is 0 Å².